The third-order valence-electron chi connectivity index (χ3n) is 2.97. The predicted octanol–water partition coefficient (Wildman–Crippen LogP) is 4.57. The van der Waals surface area contributed by atoms with Crippen LogP contribution in [0.4, 0.5) is 11.4 Å². The quantitative estimate of drug-likeness (QED) is 0.734. The van der Waals surface area contributed by atoms with E-state index in [2.05, 4.69) is 19.2 Å². The van der Waals surface area contributed by atoms with Crippen molar-refractivity contribution in [3.05, 3.63) is 48.5 Å². The maximum absolute atomic E-state index is 5.50. The molecule has 126 valence electrons. The Morgan fingerprint density at radius 2 is 1.22 bits per heavy atom. The maximum Gasteiger partial charge on any atom is 0.119 e. The molecule has 0 aromatic heterocycles. The van der Waals surface area contributed by atoms with Crippen molar-refractivity contribution in [1.82, 2.24) is 0 Å². The SMILES string of the molecule is CCCOc1ccc(N)cc1.CCCOc1ccc(NC)cc1. The van der Waals surface area contributed by atoms with Crippen molar-refractivity contribution in [2.75, 3.05) is 31.3 Å². The van der Waals surface area contributed by atoms with Crippen molar-refractivity contribution in [3.63, 3.8) is 0 Å². The lowest BCUT2D eigenvalue weighted by Crippen LogP contribution is -1.95. The fraction of sp³-hybridized carbons (Fsp3) is 0.368. The van der Waals surface area contributed by atoms with Crippen molar-refractivity contribution >= 4 is 11.4 Å². The molecule has 0 aliphatic carbocycles. The summed E-state index contributed by atoms with van der Waals surface area (Å²) in [5.41, 5.74) is 7.38. The molecule has 0 aliphatic rings. The van der Waals surface area contributed by atoms with Crippen LogP contribution in [0.2, 0.25) is 0 Å². The topological polar surface area (TPSA) is 56.5 Å². The Balaban J connectivity index is 0.000000231. The highest BCUT2D eigenvalue weighted by molar-refractivity contribution is 5.45. The van der Waals surface area contributed by atoms with Gasteiger partial charge in [-0.25, -0.2) is 0 Å². The summed E-state index contributed by atoms with van der Waals surface area (Å²) >= 11 is 0. The van der Waals surface area contributed by atoms with Gasteiger partial charge in [0.15, 0.2) is 0 Å². The molecular weight excluding hydrogens is 288 g/mol. The molecule has 2 rings (SSSR count). The first-order valence-electron chi connectivity index (χ1n) is 8.08. The molecule has 0 atom stereocenters. The second-order valence-corrected chi connectivity index (χ2v) is 5.04. The number of rotatable bonds is 7. The molecular formula is C19H28N2O2. The lowest BCUT2D eigenvalue weighted by atomic mass is 10.3. The van der Waals surface area contributed by atoms with Crippen molar-refractivity contribution in [1.29, 1.82) is 0 Å². The molecule has 0 unspecified atom stereocenters. The van der Waals surface area contributed by atoms with E-state index in [9.17, 15) is 0 Å². The normalized spacial score (nSPS) is 9.52. The van der Waals surface area contributed by atoms with Crippen molar-refractivity contribution < 1.29 is 9.47 Å². The molecule has 0 amide bonds. The van der Waals surface area contributed by atoms with Crippen molar-refractivity contribution in [2.24, 2.45) is 0 Å². The number of benzene rings is 2. The smallest absolute Gasteiger partial charge is 0.119 e. The summed E-state index contributed by atoms with van der Waals surface area (Å²) in [6.07, 6.45) is 2.08. The third kappa shape index (κ3) is 8.00. The van der Waals surface area contributed by atoms with Gasteiger partial charge in [-0.05, 0) is 61.4 Å². The predicted molar refractivity (Wildman–Crippen MR) is 98.4 cm³/mol. The van der Waals surface area contributed by atoms with Gasteiger partial charge in [-0.3, -0.25) is 0 Å². The van der Waals surface area contributed by atoms with Crippen LogP contribution in [0.15, 0.2) is 48.5 Å². The van der Waals surface area contributed by atoms with Gasteiger partial charge in [-0.15, -0.1) is 0 Å². The molecule has 2 aromatic rings. The van der Waals surface area contributed by atoms with Crippen LogP contribution in [-0.4, -0.2) is 20.3 Å². The van der Waals surface area contributed by atoms with Crippen LogP contribution in [-0.2, 0) is 0 Å². The van der Waals surface area contributed by atoms with E-state index in [0.29, 0.717) is 0 Å². The standard InChI is InChI=1S/C10H15NO.C9H13NO/c1-3-8-12-10-6-4-9(11-2)5-7-10;1-2-7-11-9-5-3-8(10)4-6-9/h4-7,11H,3,8H2,1-2H3;3-6H,2,7,10H2,1H3. The molecule has 0 aliphatic heterocycles. The van der Waals surface area contributed by atoms with E-state index in [1.165, 1.54) is 0 Å². The molecule has 4 nitrogen and oxygen atoms in total. The number of nitrogens with one attached hydrogen (secondary N) is 1. The lowest BCUT2D eigenvalue weighted by molar-refractivity contribution is 0.317. The van der Waals surface area contributed by atoms with Gasteiger partial charge < -0.3 is 20.5 Å². The summed E-state index contributed by atoms with van der Waals surface area (Å²) in [6.45, 7) is 5.74. The number of anilines is 2. The Bertz CT molecular complexity index is 524. The Morgan fingerprint density at radius 1 is 0.783 bits per heavy atom. The first kappa shape index (κ1) is 18.7. The lowest BCUT2D eigenvalue weighted by Gasteiger charge is -2.04. The molecule has 0 saturated heterocycles. The summed E-state index contributed by atoms with van der Waals surface area (Å²) < 4.78 is 10.8. The number of hydrogen-bond donors (Lipinski definition) is 2. The summed E-state index contributed by atoms with van der Waals surface area (Å²) in [5, 5.41) is 3.05. The van der Waals surface area contributed by atoms with Crippen LogP contribution in [0.25, 0.3) is 0 Å². The Hall–Kier alpha value is -2.36. The van der Waals surface area contributed by atoms with E-state index in [0.717, 1.165) is 48.9 Å². The Labute approximate surface area is 139 Å². The van der Waals surface area contributed by atoms with E-state index < -0.39 is 0 Å². The van der Waals surface area contributed by atoms with E-state index in [1.807, 2.05) is 55.6 Å². The molecule has 2 aromatic carbocycles. The molecule has 4 heteroatoms. The second kappa shape index (κ2) is 11.2. The average Bonchev–Trinajstić information content (AvgIpc) is 2.60. The highest BCUT2D eigenvalue weighted by atomic mass is 16.5. The first-order valence-corrected chi connectivity index (χ1v) is 8.08. The maximum atomic E-state index is 5.50. The third-order valence-corrected chi connectivity index (χ3v) is 2.97. The van der Waals surface area contributed by atoms with Crippen molar-refractivity contribution in [2.45, 2.75) is 26.7 Å². The zero-order valence-corrected chi connectivity index (χ0v) is 14.3. The summed E-state index contributed by atoms with van der Waals surface area (Å²) in [5.74, 6) is 1.83. The molecule has 0 fully saturated rings. The first-order chi connectivity index (χ1) is 11.2. The van der Waals surface area contributed by atoms with E-state index in [4.69, 9.17) is 15.2 Å². The largest absolute Gasteiger partial charge is 0.494 e. The van der Waals surface area contributed by atoms with Gasteiger partial charge in [0.05, 0.1) is 13.2 Å². The molecule has 23 heavy (non-hydrogen) atoms. The van der Waals surface area contributed by atoms with Gasteiger partial charge in [0.2, 0.25) is 0 Å². The van der Waals surface area contributed by atoms with Gasteiger partial charge >= 0.3 is 0 Å². The van der Waals surface area contributed by atoms with Gasteiger partial charge in [0, 0.05) is 18.4 Å². The summed E-state index contributed by atoms with van der Waals surface area (Å²) in [7, 11) is 1.90. The fourth-order valence-corrected chi connectivity index (χ4v) is 1.72. The summed E-state index contributed by atoms with van der Waals surface area (Å²) in [4.78, 5) is 0. The second-order valence-electron chi connectivity index (χ2n) is 5.04. The monoisotopic (exact) mass is 316 g/mol. The van der Waals surface area contributed by atoms with Crippen LogP contribution < -0.4 is 20.5 Å². The van der Waals surface area contributed by atoms with Gasteiger partial charge in [0.25, 0.3) is 0 Å². The Morgan fingerprint density at radius 3 is 1.61 bits per heavy atom. The van der Waals surface area contributed by atoms with E-state index in [1.54, 1.807) is 0 Å². The number of nitrogens with two attached hydrogens (primary N) is 1. The molecule has 0 bridgehead atoms. The minimum absolute atomic E-state index is 0.768. The van der Waals surface area contributed by atoms with Crippen molar-refractivity contribution in [3.8, 4) is 11.5 Å². The average molecular weight is 316 g/mol. The molecule has 0 spiro atoms. The zero-order valence-electron chi connectivity index (χ0n) is 14.3. The number of hydrogen-bond acceptors (Lipinski definition) is 4. The van der Waals surface area contributed by atoms with Crippen LogP contribution in [0.5, 0.6) is 11.5 Å². The summed E-state index contributed by atoms with van der Waals surface area (Å²) in [6, 6.07) is 15.4. The minimum Gasteiger partial charge on any atom is -0.494 e. The highest BCUT2D eigenvalue weighted by Crippen LogP contribution is 2.15. The van der Waals surface area contributed by atoms with Crippen LogP contribution >= 0.6 is 0 Å². The van der Waals surface area contributed by atoms with Gasteiger partial charge in [0.1, 0.15) is 11.5 Å². The Kier molecular flexibility index (Phi) is 9.13. The zero-order chi connectivity index (χ0) is 16.9. The van der Waals surface area contributed by atoms with Gasteiger partial charge in [-0.2, -0.15) is 0 Å². The van der Waals surface area contributed by atoms with E-state index in [-0.39, 0.29) is 0 Å². The van der Waals surface area contributed by atoms with E-state index >= 15 is 0 Å². The number of ether oxygens (including phenoxy) is 2. The molecule has 3 N–H and O–H groups in total. The van der Waals surface area contributed by atoms with Crippen LogP contribution in [0, 0.1) is 0 Å². The van der Waals surface area contributed by atoms with Crippen LogP contribution in [0.1, 0.15) is 26.7 Å². The minimum atomic E-state index is 0.768. The number of nitrogen functional groups attached to an aromatic ring is 1. The fourth-order valence-electron chi connectivity index (χ4n) is 1.72. The van der Waals surface area contributed by atoms with Crippen LogP contribution in [0.3, 0.4) is 0 Å². The molecule has 0 heterocycles. The highest BCUT2D eigenvalue weighted by Gasteiger charge is 1.92. The molecule has 0 radical (unpaired) electrons. The molecule has 0 saturated carbocycles. The van der Waals surface area contributed by atoms with Gasteiger partial charge in [-0.1, -0.05) is 13.8 Å².